The molecular weight excluding hydrogens is 256 g/mol. The van der Waals surface area contributed by atoms with Crippen molar-refractivity contribution in [2.45, 2.75) is 37.8 Å². The van der Waals surface area contributed by atoms with Crippen molar-refractivity contribution in [2.24, 2.45) is 0 Å². The molecule has 2 nitrogen and oxygen atoms in total. The van der Waals surface area contributed by atoms with E-state index >= 15 is 0 Å². The third kappa shape index (κ3) is 2.46. The normalized spacial score (nSPS) is 18.9. The lowest BCUT2D eigenvalue weighted by Crippen LogP contribution is -2.29. The Morgan fingerprint density at radius 3 is 2.60 bits per heavy atom. The van der Waals surface area contributed by atoms with Crippen LogP contribution in [0.25, 0.3) is 0 Å². The summed E-state index contributed by atoms with van der Waals surface area (Å²) in [6.45, 7) is 5.97. The van der Waals surface area contributed by atoms with Gasteiger partial charge in [-0.2, -0.15) is 0 Å². The first kappa shape index (κ1) is 10.8. The first-order valence-electron chi connectivity index (χ1n) is 5.11. The topological polar surface area (TPSA) is 18.5 Å². The highest BCUT2D eigenvalue weighted by Gasteiger charge is 2.31. The molecule has 0 fully saturated rings. The lowest BCUT2D eigenvalue weighted by atomic mass is 10.1. The van der Waals surface area contributed by atoms with E-state index in [4.69, 9.17) is 9.47 Å². The fourth-order valence-electron chi connectivity index (χ4n) is 1.72. The molecule has 1 aromatic carbocycles. The zero-order valence-electron chi connectivity index (χ0n) is 9.21. The summed E-state index contributed by atoms with van der Waals surface area (Å²) in [7, 11) is 0. The molecule has 0 bridgehead atoms. The van der Waals surface area contributed by atoms with E-state index in [1.54, 1.807) is 0 Å². The molecule has 0 amide bonds. The first-order chi connectivity index (χ1) is 6.96. The lowest BCUT2D eigenvalue weighted by Gasteiger charge is -2.16. The molecule has 1 aliphatic rings. The maximum absolute atomic E-state index is 5.68. The standard InChI is InChI=1S/C12H15BrO2/c1-8(13)6-9-4-5-10-11(7-9)15-12(2,3)14-10/h4-5,7-8H,6H2,1-3H3. The van der Waals surface area contributed by atoms with Crippen molar-refractivity contribution in [2.75, 3.05) is 0 Å². The van der Waals surface area contributed by atoms with Gasteiger partial charge in [-0.25, -0.2) is 0 Å². The highest BCUT2D eigenvalue weighted by molar-refractivity contribution is 9.09. The minimum Gasteiger partial charge on any atom is -0.449 e. The molecule has 0 spiro atoms. The highest BCUT2D eigenvalue weighted by atomic mass is 79.9. The molecule has 0 aromatic heterocycles. The lowest BCUT2D eigenvalue weighted by molar-refractivity contribution is -0.0431. The smallest absolute Gasteiger partial charge is 0.246 e. The van der Waals surface area contributed by atoms with E-state index in [9.17, 15) is 0 Å². The van der Waals surface area contributed by atoms with E-state index in [0.29, 0.717) is 4.83 Å². The van der Waals surface area contributed by atoms with Gasteiger partial charge in [0.15, 0.2) is 11.5 Å². The average molecular weight is 271 g/mol. The van der Waals surface area contributed by atoms with Crippen LogP contribution in [0.1, 0.15) is 26.3 Å². The molecule has 0 N–H and O–H groups in total. The number of fused-ring (bicyclic) bond motifs is 1. The van der Waals surface area contributed by atoms with Crippen molar-refractivity contribution in [3.8, 4) is 11.5 Å². The van der Waals surface area contributed by atoms with Gasteiger partial charge in [0.05, 0.1) is 0 Å². The van der Waals surface area contributed by atoms with Gasteiger partial charge in [0.2, 0.25) is 5.79 Å². The molecule has 1 atom stereocenters. The summed E-state index contributed by atoms with van der Waals surface area (Å²) >= 11 is 3.54. The van der Waals surface area contributed by atoms with E-state index < -0.39 is 5.79 Å². The fourth-order valence-corrected chi connectivity index (χ4v) is 2.09. The molecule has 0 saturated heterocycles. The number of ether oxygens (including phenoxy) is 2. The number of hydrogen-bond donors (Lipinski definition) is 0. The Morgan fingerprint density at radius 1 is 1.27 bits per heavy atom. The zero-order chi connectivity index (χ0) is 11.1. The molecule has 82 valence electrons. The Balaban J connectivity index is 2.23. The summed E-state index contributed by atoms with van der Waals surface area (Å²) in [6, 6.07) is 6.12. The third-order valence-electron chi connectivity index (χ3n) is 2.24. The molecule has 2 rings (SSSR count). The largest absolute Gasteiger partial charge is 0.449 e. The van der Waals surface area contributed by atoms with Crippen LogP contribution < -0.4 is 9.47 Å². The fraction of sp³-hybridized carbons (Fsp3) is 0.500. The van der Waals surface area contributed by atoms with Crippen LogP contribution in [0, 0.1) is 0 Å². The zero-order valence-corrected chi connectivity index (χ0v) is 10.8. The number of rotatable bonds is 2. The van der Waals surface area contributed by atoms with Gasteiger partial charge in [-0.05, 0) is 24.1 Å². The van der Waals surface area contributed by atoms with Gasteiger partial charge >= 0.3 is 0 Å². The van der Waals surface area contributed by atoms with Crippen molar-refractivity contribution in [3.05, 3.63) is 23.8 Å². The van der Waals surface area contributed by atoms with Gasteiger partial charge < -0.3 is 9.47 Å². The van der Waals surface area contributed by atoms with Crippen LogP contribution in [0.15, 0.2) is 18.2 Å². The van der Waals surface area contributed by atoms with Gasteiger partial charge in [0.1, 0.15) is 0 Å². The Hall–Kier alpha value is -0.700. The summed E-state index contributed by atoms with van der Waals surface area (Å²) in [5.41, 5.74) is 1.26. The summed E-state index contributed by atoms with van der Waals surface area (Å²) in [5, 5.41) is 0. The highest BCUT2D eigenvalue weighted by Crippen LogP contribution is 2.39. The molecule has 1 heterocycles. The predicted molar refractivity (Wildman–Crippen MR) is 63.9 cm³/mol. The van der Waals surface area contributed by atoms with Crippen LogP contribution in [-0.2, 0) is 6.42 Å². The van der Waals surface area contributed by atoms with Crippen LogP contribution in [0.2, 0.25) is 0 Å². The Bertz CT molecular complexity index is 372. The second-order valence-corrected chi connectivity index (χ2v) is 5.93. The Morgan fingerprint density at radius 2 is 1.93 bits per heavy atom. The molecule has 15 heavy (non-hydrogen) atoms. The molecule has 0 radical (unpaired) electrons. The van der Waals surface area contributed by atoms with Crippen LogP contribution in [0.4, 0.5) is 0 Å². The monoisotopic (exact) mass is 270 g/mol. The van der Waals surface area contributed by atoms with Crippen LogP contribution in [0.5, 0.6) is 11.5 Å². The van der Waals surface area contributed by atoms with Crippen molar-refractivity contribution in [1.29, 1.82) is 0 Å². The Labute approximate surface area is 98.7 Å². The summed E-state index contributed by atoms with van der Waals surface area (Å²) in [4.78, 5) is 0.478. The molecule has 1 aliphatic heterocycles. The van der Waals surface area contributed by atoms with Crippen molar-refractivity contribution in [3.63, 3.8) is 0 Å². The maximum atomic E-state index is 5.68. The minimum atomic E-state index is -0.527. The van der Waals surface area contributed by atoms with Gasteiger partial charge in [-0.1, -0.05) is 28.9 Å². The van der Waals surface area contributed by atoms with E-state index in [0.717, 1.165) is 17.9 Å². The maximum Gasteiger partial charge on any atom is 0.246 e. The van der Waals surface area contributed by atoms with Crippen molar-refractivity contribution >= 4 is 15.9 Å². The summed E-state index contributed by atoms with van der Waals surface area (Å²) in [5.74, 6) is 1.16. The summed E-state index contributed by atoms with van der Waals surface area (Å²) < 4.78 is 11.3. The Kier molecular flexibility index (Phi) is 2.67. The molecular formula is C12H15BrO2. The first-order valence-corrected chi connectivity index (χ1v) is 6.03. The van der Waals surface area contributed by atoms with Crippen LogP contribution >= 0.6 is 15.9 Å². The van der Waals surface area contributed by atoms with Gasteiger partial charge in [0.25, 0.3) is 0 Å². The van der Waals surface area contributed by atoms with Gasteiger partial charge in [-0.3, -0.25) is 0 Å². The number of benzene rings is 1. The quantitative estimate of drug-likeness (QED) is 0.766. The average Bonchev–Trinajstić information content (AvgIpc) is 2.36. The predicted octanol–water partition coefficient (Wildman–Crippen LogP) is 3.52. The summed E-state index contributed by atoms with van der Waals surface area (Å²) in [6.07, 6.45) is 0.997. The van der Waals surface area contributed by atoms with Crippen molar-refractivity contribution < 1.29 is 9.47 Å². The molecule has 0 saturated carbocycles. The molecule has 3 heteroatoms. The van der Waals surface area contributed by atoms with E-state index in [-0.39, 0.29) is 0 Å². The minimum absolute atomic E-state index is 0.478. The van der Waals surface area contributed by atoms with Crippen LogP contribution in [0.3, 0.4) is 0 Å². The van der Waals surface area contributed by atoms with E-state index in [1.165, 1.54) is 5.56 Å². The number of hydrogen-bond acceptors (Lipinski definition) is 2. The molecule has 0 aliphatic carbocycles. The van der Waals surface area contributed by atoms with Crippen molar-refractivity contribution in [1.82, 2.24) is 0 Å². The molecule has 1 aromatic rings. The van der Waals surface area contributed by atoms with Gasteiger partial charge in [0, 0.05) is 18.7 Å². The van der Waals surface area contributed by atoms with Gasteiger partial charge in [-0.15, -0.1) is 0 Å². The number of alkyl halides is 1. The molecule has 1 unspecified atom stereocenters. The number of halogens is 1. The SMILES string of the molecule is CC(Br)Cc1ccc2c(c1)OC(C)(C)O2. The second kappa shape index (κ2) is 3.71. The van der Waals surface area contributed by atoms with E-state index in [1.807, 2.05) is 19.9 Å². The van der Waals surface area contributed by atoms with Crippen LogP contribution in [-0.4, -0.2) is 10.6 Å². The van der Waals surface area contributed by atoms with E-state index in [2.05, 4.69) is 35.0 Å². The third-order valence-corrected chi connectivity index (χ3v) is 2.56. The second-order valence-electron chi connectivity index (χ2n) is 4.37.